The topological polar surface area (TPSA) is 18.5 Å². The predicted octanol–water partition coefficient (Wildman–Crippen LogP) is 2.12. The van der Waals surface area contributed by atoms with E-state index in [4.69, 9.17) is 9.47 Å². The van der Waals surface area contributed by atoms with Crippen LogP contribution in [-0.4, -0.2) is 24.4 Å². The summed E-state index contributed by atoms with van der Waals surface area (Å²) in [6, 6.07) is 0. The standard InChI is InChI=1S/C10H18O2/c1-8(2)12-9-3-6-11-10(7-9)4-5-10/h8-9H,3-7H2,1-2H3. The third-order valence-corrected chi connectivity index (χ3v) is 2.72. The monoisotopic (exact) mass is 170 g/mol. The van der Waals surface area contributed by atoms with Crippen LogP contribution in [0, 0.1) is 0 Å². The van der Waals surface area contributed by atoms with Crippen molar-refractivity contribution in [2.75, 3.05) is 6.61 Å². The van der Waals surface area contributed by atoms with Gasteiger partial charge in [-0.25, -0.2) is 0 Å². The van der Waals surface area contributed by atoms with E-state index in [1.165, 1.54) is 12.8 Å². The molecule has 1 spiro atoms. The smallest absolute Gasteiger partial charge is 0.0709 e. The largest absolute Gasteiger partial charge is 0.375 e. The molecule has 0 aromatic heterocycles. The Kier molecular flexibility index (Phi) is 2.13. The van der Waals surface area contributed by atoms with E-state index in [1.807, 2.05) is 0 Å². The van der Waals surface area contributed by atoms with Crippen LogP contribution < -0.4 is 0 Å². The lowest BCUT2D eigenvalue weighted by molar-refractivity contribution is -0.100. The van der Waals surface area contributed by atoms with Crippen LogP contribution in [0.1, 0.15) is 39.5 Å². The van der Waals surface area contributed by atoms with Crippen molar-refractivity contribution in [1.29, 1.82) is 0 Å². The highest BCUT2D eigenvalue weighted by atomic mass is 16.5. The van der Waals surface area contributed by atoms with Crippen LogP contribution in [0.4, 0.5) is 0 Å². The van der Waals surface area contributed by atoms with Gasteiger partial charge in [-0.1, -0.05) is 0 Å². The Morgan fingerprint density at radius 1 is 1.42 bits per heavy atom. The Hall–Kier alpha value is -0.0800. The molecule has 1 unspecified atom stereocenters. The molecule has 2 heteroatoms. The summed E-state index contributed by atoms with van der Waals surface area (Å²) in [7, 11) is 0. The van der Waals surface area contributed by atoms with Crippen LogP contribution in [0.3, 0.4) is 0 Å². The van der Waals surface area contributed by atoms with E-state index < -0.39 is 0 Å². The highest BCUT2D eigenvalue weighted by molar-refractivity contribution is 4.99. The van der Waals surface area contributed by atoms with Gasteiger partial charge in [0, 0.05) is 13.0 Å². The van der Waals surface area contributed by atoms with Gasteiger partial charge in [0.15, 0.2) is 0 Å². The van der Waals surface area contributed by atoms with Gasteiger partial charge >= 0.3 is 0 Å². The van der Waals surface area contributed by atoms with Crippen LogP contribution in [0.5, 0.6) is 0 Å². The van der Waals surface area contributed by atoms with Crippen molar-refractivity contribution in [1.82, 2.24) is 0 Å². The molecule has 12 heavy (non-hydrogen) atoms. The molecule has 1 saturated carbocycles. The summed E-state index contributed by atoms with van der Waals surface area (Å²) >= 11 is 0. The van der Waals surface area contributed by atoms with Gasteiger partial charge in [0.2, 0.25) is 0 Å². The van der Waals surface area contributed by atoms with Gasteiger partial charge in [0.25, 0.3) is 0 Å². The molecule has 1 heterocycles. The van der Waals surface area contributed by atoms with Crippen molar-refractivity contribution >= 4 is 0 Å². The molecule has 1 aliphatic carbocycles. The minimum atomic E-state index is 0.262. The maximum Gasteiger partial charge on any atom is 0.0709 e. The quantitative estimate of drug-likeness (QED) is 0.632. The van der Waals surface area contributed by atoms with Crippen LogP contribution in [-0.2, 0) is 9.47 Å². The normalized spacial score (nSPS) is 32.8. The Balaban J connectivity index is 1.83. The minimum Gasteiger partial charge on any atom is -0.375 e. The van der Waals surface area contributed by atoms with Crippen molar-refractivity contribution in [3.63, 3.8) is 0 Å². The van der Waals surface area contributed by atoms with E-state index in [9.17, 15) is 0 Å². The fourth-order valence-electron chi connectivity index (χ4n) is 1.97. The predicted molar refractivity (Wildman–Crippen MR) is 47.2 cm³/mol. The van der Waals surface area contributed by atoms with Crippen LogP contribution >= 0.6 is 0 Å². The second-order valence-corrected chi connectivity index (χ2v) is 4.33. The van der Waals surface area contributed by atoms with Crippen molar-refractivity contribution in [2.45, 2.75) is 57.3 Å². The molecule has 0 bridgehead atoms. The zero-order valence-electron chi connectivity index (χ0n) is 8.01. The second-order valence-electron chi connectivity index (χ2n) is 4.33. The Bertz CT molecular complexity index is 161. The maximum atomic E-state index is 5.79. The molecule has 0 aromatic rings. The summed E-state index contributed by atoms with van der Waals surface area (Å²) < 4.78 is 11.5. The van der Waals surface area contributed by atoms with E-state index in [0.29, 0.717) is 12.2 Å². The van der Waals surface area contributed by atoms with Gasteiger partial charge in [-0.15, -0.1) is 0 Å². The van der Waals surface area contributed by atoms with E-state index in [1.54, 1.807) is 0 Å². The molecule has 0 N–H and O–H groups in total. The molecule has 2 rings (SSSR count). The molecule has 0 aromatic carbocycles. The summed E-state index contributed by atoms with van der Waals surface area (Å²) in [6.45, 7) is 5.11. The van der Waals surface area contributed by atoms with E-state index in [0.717, 1.165) is 19.4 Å². The Morgan fingerprint density at radius 2 is 2.17 bits per heavy atom. The molecule has 1 aliphatic heterocycles. The van der Waals surface area contributed by atoms with Gasteiger partial charge in [0.05, 0.1) is 17.8 Å². The fourth-order valence-corrected chi connectivity index (χ4v) is 1.97. The van der Waals surface area contributed by atoms with Crippen LogP contribution in [0.2, 0.25) is 0 Å². The molecule has 70 valence electrons. The molecule has 1 atom stereocenters. The lowest BCUT2D eigenvalue weighted by atomic mass is 10.0. The molecule has 2 aliphatic rings. The first-order valence-electron chi connectivity index (χ1n) is 5.00. The summed E-state index contributed by atoms with van der Waals surface area (Å²) in [6.07, 6.45) is 5.55. The summed E-state index contributed by atoms with van der Waals surface area (Å²) in [4.78, 5) is 0. The van der Waals surface area contributed by atoms with E-state index in [-0.39, 0.29) is 5.60 Å². The summed E-state index contributed by atoms with van der Waals surface area (Å²) in [5.74, 6) is 0. The Morgan fingerprint density at radius 3 is 2.75 bits per heavy atom. The molecular formula is C10H18O2. The highest BCUT2D eigenvalue weighted by Gasteiger charge is 2.48. The van der Waals surface area contributed by atoms with Crippen molar-refractivity contribution in [2.24, 2.45) is 0 Å². The van der Waals surface area contributed by atoms with Crippen LogP contribution in [0.25, 0.3) is 0 Å². The molecular weight excluding hydrogens is 152 g/mol. The maximum absolute atomic E-state index is 5.79. The van der Waals surface area contributed by atoms with Crippen LogP contribution in [0.15, 0.2) is 0 Å². The average Bonchev–Trinajstić information content (AvgIpc) is 2.68. The average molecular weight is 170 g/mol. The van der Waals surface area contributed by atoms with Gasteiger partial charge in [-0.2, -0.15) is 0 Å². The number of hydrogen-bond donors (Lipinski definition) is 0. The van der Waals surface area contributed by atoms with E-state index in [2.05, 4.69) is 13.8 Å². The third-order valence-electron chi connectivity index (χ3n) is 2.72. The van der Waals surface area contributed by atoms with E-state index >= 15 is 0 Å². The first-order chi connectivity index (χ1) is 5.70. The zero-order valence-corrected chi connectivity index (χ0v) is 8.01. The first-order valence-corrected chi connectivity index (χ1v) is 5.00. The molecule has 1 saturated heterocycles. The van der Waals surface area contributed by atoms with Gasteiger partial charge in [-0.3, -0.25) is 0 Å². The molecule has 0 amide bonds. The number of rotatable bonds is 2. The second kappa shape index (κ2) is 3.00. The number of hydrogen-bond acceptors (Lipinski definition) is 2. The van der Waals surface area contributed by atoms with Crippen molar-refractivity contribution < 1.29 is 9.47 Å². The summed E-state index contributed by atoms with van der Waals surface area (Å²) in [5, 5.41) is 0. The first kappa shape index (κ1) is 8.52. The third kappa shape index (κ3) is 1.80. The molecule has 0 radical (unpaired) electrons. The lowest BCUT2D eigenvalue weighted by Crippen LogP contribution is -2.33. The fraction of sp³-hybridized carbons (Fsp3) is 1.00. The van der Waals surface area contributed by atoms with Gasteiger partial charge in [-0.05, 0) is 33.1 Å². The lowest BCUT2D eigenvalue weighted by Gasteiger charge is -2.30. The Labute approximate surface area is 74.2 Å². The van der Waals surface area contributed by atoms with Gasteiger partial charge < -0.3 is 9.47 Å². The summed E-state index contributed by atoms with van der Waals surface area (Å²) in [5.41, 5.74) is 0.262. The molecule has 2 fully saturated rings. The zero-order chi connectivity index (χ0) is 8.60. The highest BCUT2D eigenvalue weighted by Crippen LogP contribution is 2.46. The van der Waals surface area contributed by atoms with Crippen molar-refractivity contribution in [3.8, 4) is 0 Å². The van der Waals surface area contributed by atoms with Crippen molar-refractivity contribution in [3.05, 3.63) is 0 Å². The minimum absolute atomic E-state index is 0.262. The number of ether oxygens (including phenoxy) is 2. The SMILES string of the molecule is CC(C)OC1CCOC2(CC2)C1. The molecule has 2 nitrogen and oxygen atoms in total. The van der Waals surface area contributed by atoms with Gasteiger partial charge in [0.1, 0.15) is 0 Å².